The topological polar surface area (TPSA) is 91.2 Å². The largest absolute Gasteiger partial charge is 0.497 e. The van der Waals surface area contributed by atoms with Crippen molar-refractivity contribution in [3.63, 3.8) is 0 Å². The van der Waals surface area contributed by atoms with Crippen molar-refractivity contribution in [2.45, 2.75) is 0 Å². The van der Waals surface area contributed by atoms with E-state index in [2.05, 4.69) is 10.6 Å². The summed E-state index contributed by atoms with van der Waals surface area (Å²) >= 11 is 0. The number of nitrogens with one attached hydrogen (secondary N) is 2. The Balaban J connectivity index is 1.79. The van der Waals surface area contributed by atoms with Gasteiger partial charge in [0.15, 0.2) is 0 Å². The lowest BCUT2D eigenvalue weighted by Gasteiger charge is -2.12. The number of carbonyl (C=O) groups is 2. The van der Waals surface area contributed by atoms with Crippen molar-refractivity contribution in [1.29, 1.82) is 5.26 Å². The molecule has 0 aromatic heterocycles. The highest BCUT2D eigenvalue weighted by molar-refractivity contribution is 6.12. The van der Waals surface area contributed by atoms with E-state index >= 15 is 0 Å². The van der Waals surface area contributed by atoms with E-state index in [4.69, 9.17) is 10.00 Å². The lowest BCUT2D eigenvalue weighted by atomic mass is 10.1. The average Bonchev–Trinajstić information content (AvgIpc) is 2.74. The van der Waals surface area contributed by atoms with Crippen molar-refractivity contribution < 1.29 is 14.3 Å². The maximum Gasteiger partial charge on any atom is 0.257 e. The summed E-state index contributed by atoms with van der Waals surface area (Å²) in [5, 5.41) is 14.5. The molecule has 138 valence electrons. The summed E-state index contributed by atoms with van der Waals surface area (Å²) in [6.45, 7) is 0. The molecule has 0 aliphatic rings. The zero-order valence-corrected chi connectivity index (χ0v) is 15.1. The first-order valence-corrected chi connectivity index (χ1v) is 8.46. The fraction of sp³-hybridized carbons (Fsp3) is 0.0455. The molecular weight excluding hydrogens is 354 g/mol. The van der Waals surface area contributed by atoms with Gasteiger partial charge in [0.25, 0.3) is 11.8 Å². The number of hydrogen-bond acceptors (Lipinski definition) is 4. The zero-order valence-electron chi connectivity index (χ0n) is 15.1. The molecule has 0 saturated carbocycles. The molecule has 0 aliphatic carbocycles. The first-order chi connectivity index (χ1) is 13.6. The Morgan fingerprint density at radius 2 is 1.64 bits per heavy atom. The van der Waals surface area contributed by atoms with Crippen molar-refractivity contribution in [3.8, 4) is 11.8 Å². The minimum atomic E-state index is -0.401. The van der Waals surface area contributed by atoms with Crippen LogP contribution in [0.2, 0.25) is 0 Å². The lowest BCUT2D eigenvalue weighted by molar-refractivity contribution is 0.102. The van der Waals surface area contributed by atoms with Crippen LogP contribution >= 0.6 is 0 Å². The molecule has 6 nitrogen and oxygen atoms in total. The molecule has 3 aromatic carbocycles. The van der Waals surface area contributed by atoms with Gasteiger partial charge in [-0.15, -0.1) is 0 Å². The number of amides is 2. The van der Waals surface area contributed by atoms with Gasteiger partial charge in [0.05, 0.1) is 30.0 Å². The number of ether oxygens (including phenoxy) is 1. The smallest absolute Gasteiger partial charge is 0.257 e. The Morgan fingerprint density at radius 1 is 0.893 bits per heavy atom. The van der Waals surface area contributed by atoms with E-state index in [0.29, 0.717) is 33.8 Å². The molecule has 0 fully saturated rings. The number of benzene rings is 3. The van der Waals surface area contributed by atoms with Crippen LogP contribution in [0, 0.1) is 11.3 Å². The lowest BCUT2D eigenvalue weighted by Crippen LogP contribution is -2.18. The summed E-state index contributed by atoms with van der Waals surface area (Å²) in [5.41, 5.74) is 2.03. The second-order valence-corrected chi connectivity index (χ2v) is 5.87. The molecule has 0 aliphatic heterocycles. The minimum Gasteiger partial charge on any atom is -0.497 e. The highest BCUT2D eigenvalue weighted by atomic mass is 16.5. The normalized spacial score (nSPS) is 9.86. The summed E-state index contributed by atoms with van der Waals surface area (Å²) in [6.07, 6.45) is 0. The van der Waals surface area contributed by atoms with Crippen LogP contribution in [-0.2, 0) is 0 Å². The van der Waals surface area contributed by atoms with Crippen LogP contribution in [-0.4, -0.2) is 18.9 Å². The number of nitrogens with zero attached hydrogens (tertiary/aromatic N) is 1. The van der Waals surface area contributed by atoms with Crippen LogP contribution in [0.25, 0.3) is 0 Å². The average molecular weight is 371 g/mol. The van der Waals surface area contributed by atoms with Crippen molar-refractivity contribution in [1.82, 2.24) is 0 Å². The van der Waals surface area contributed by atoms with Gasteiger partial charge < -0.3 is 15.4 Å². The number of nitriles is 1. The molecule has 2 N–H and O–H groups in total. The first kappa shape index (κ1) is 18.7. The Hall–Kier alpha value is -4.11. The third-order valence-electron chi connectivity index (χ3n) is 4.02. The number of carbonyl (C=O) groups excluding carboxylic acids is 2. The maximum atomic E-state index is 12.7. The summed E-state index contributed by atoms with van der Waals surface area (Å²) in [7, 11) is 1.57. The monoisotopic (exact) mass is 371 g/mol. The fourth-order valence-corrected chi connectivity index (χ4v) is 2.59. The fourth-order valence-electron chi connectivity index (χ4n) is 2.59. The Kier molecular flexibility index (Phi) is 5.68. The maximum absolute atomic E-state index is 12.7. The molecule has 0 heterocycles. The predicted molar refractivity (Wildman–Crippen MR) is 106 cm³/mol. The van der Waals surface area contributed by atoms with Gasteiger partial charge in [-0.1, -0.05) is 18.2 Å². The van der Waals surface area contributed by atoms with E-state index in [1.807, 2.05) is 6.07 Å². The molecule has 3 rings (SSSR count). The molecule has 28 heavy (non-hydrogen) atoms. The van der Waals surface area contributed by atoms with E-state index in [1.165, 1.54) is 6.07 Å². The van der Waals surface area contributed by atoms with Gasteiger partial charge >= 0.3 is 0 Å². The number of anilines is 2. The Bertz CT molecular complexity index is 1050. The molecule has 0 radical (unpaired) electrons. The summed E-state index contributed by atoms with van der Waals surface area (Å²) in [6, 6.07) is 22.0. The van der Waals surface area contributed by atoms with Crippen molar-refractivity contribution in [2.75, 3.05) is 17.7 Å². The molecule has 0 saturated heterocycles. The highest BCUT2D eigenvalue weighted by Gasteiger charge is 2.14. The van der Waals surface area contributed by atoms with Crippen molar-refractivity contribution >= 4 is 23.2 Å². The third-order valence-corrected chi connectivity index (χ3v) is 4.02. The highest BCUT2D eigenvalue weighted by Crippen LogP contribution is 2.20. The quantitative estimate of drug-likeness (QED) is 0.707. The van der Waals surface area contributed by atoms with Crippen LogP contribution in [0.1, 0.15) is 26.3 Å². The molecule has 0 atom stereocenters. The van der Waals surface area contributed by atoms with Crippen LogP contribution in [0.4, 0.5) is 11.4 Å². The Morgan fingerprint density at radius 3 is 2.36 bits per heavy atom. The molecular formula is C22H17N3O3. The number of rotatable bonds is 5. The van der Waals surface area contributed by atoms with Gasteiger partial charge in [0.2, 0.25) is 0 Å². The number of para-hydroxylation sites is 1. The molecule has 2 amide bonds. The van der Waals surface area contributed by atoms with Gasteiger partial charge in [-0.05, 0) is 54.6 Å². The first-order valence-electron chi connectivity index (χ1n) is 8.46. The zero-order chi connectivity index (χ0) is 19.9. The van der Waals surface area contributed by atoms with E-state index in [-0.39, 0.29) is 5.91 Å². The molecule has 0 spiro atoms. The molecule has 6 heteroatoms. The van der Waals surface area contributed by atoms with Gasteiger partial charge in [-0.2, -0.15) is 5.26 Å². The summed E-state index contributed by atoms with van der Waals surface area (Å²) in [4.78, 5) is 25.2. The standard InChI is InChI=1S/C22H17N3O3/c1-28-18-11-9-17(10-12-18)24-22(27)19-7-2-3-8-20(19)25-21(26)16-6-4-5-15(13-16)14-23/h2-13H,1H3,(H,24,27)(H,25,26). The van der Waals surface area contributed by atoms with E-state index in [9.17, 15) is 9.59 Å². The van der Waals surface area contributed by atoms with Crippen LogP contribution < -0.4 is 15.4 Å². The van der Waals surface area contributed by atoms with Gasteiger partial charge in [-0.25, -0.2) is 0 Å². The van der Waals surface area contributed by atoms with Crippen molar-refractivity contribution in [3.05, 3.63) is 89.5 Å². The van der Waals surface area contributed by atoms with Crippen LogP contribution in [0.3, 0.4) is 0 Å². The van der Waals surface area contributed by atoms with E-state index in [0.717, 1.165) is 0 Å². The second kappa shape index (κ2) is 8.52. The van der Waals surface area contributed by atoms with Crippen LogP contribution in [0.15, 0.2) is 72.8 Å². The molecule has 0 bridgehead atoms. The molecule has 0 unspecified atom stereocenters. The summed E-state index contributed by atoms with van der Waals surface area (Å²) < 4.78 is 5.10. The van der Waals surface area contributed by atoms with Gasteiger partial charge in [0.1, 0.15) is 5.75 Å². The van der Waals surface area contributed by atoms with Crippen LogP contribution in [0.5, 0.6) is 5.75 Å². The minimum absolute atomic E-state index is 0.322. The summed E-state index contributed by atoms with van der Waals surface area (Å²) in [5.74, 6) is -0.0705. The second-order valence-electron chi connectivity index (χ2n) is 5.87. The van der Waals surface area contributed by atoms with Crippen molar-refractivity contribution in [2.24, 2.45) is 0 Å². The predicted octanol–water partition coefficient (Wildman–Crippen LogP) is 4.07. The van der Waals surface area contributed by atoms with E-state index in [1.54, 1.807) is 73.8 Å². The third kappa shape index (κ3) is 4.34. The van der Waals surface area contributed by atoms with Gasteiger partial charge in [-0.3, -0.25) is 9.59 Å². The Labute approximate surface area is 162 Å². The SMILES string of the molecule is COc1ccc(NC(=O)c2ccccc2NC(=O)c2cccc(C#N)c2)cc1. The van der Waals surface area contributed by atoms with E-state index < -0.39 is 5.91 Å². The number of hydrogen-bond donors (Lipinski definition) is 2. The number of methoxy groups -OCH3 is 1. The van der Waals surface area contributed by atoms with Gasteiger partial charge in [0, 0.05) is 11.3 Å². The molecule has 3 aromatic rings.